The minimum Gasteiger partial charge on any atom is -0.460 e. The lowest BCUT2D eigenvalue weighted by atomic mass is 10.2. The molecular formula is C15H13Cl2NO4S. The van der Waals surface area contributed by atoms with Crippen molar-refractivity contribution < 1.29 is 17.9 Å². The van der Waals surface area contributed by atoms with Gasteiger partial charge in [0.05, 0.1) is 5.02 Å². The van der Waals surface area contributed by atoms with E-state index < -0.39 is 22.5 Å². The van der Waals surface area contributed by atoms with E-state index in [9.17, 15) is 13.2 Å². The van der Waals surface area contributed by atoms with Gasteiger partial charge in [-0.3, -0.25) is 4.79 Å². The number of esters is 1. The molecule has 5 nitrogen and oxygen atoms in total. The second-order valence-corrected chi connectivity index (χ2v) is 7.12. The highest BCUT2D eigenvalue weighted by Gasteiger charge is 2.19. The van der Waals surface area contributed by atoms with Crippen LogP contribution in [0.3, 0.4) is 0 Å². The van der Waals surface area contributed by atoms with Crippen LogP contribution in [-0.2, 0) is 26.2 Å². The summed E-state index contributed by atoms with van der Waals surface area (Å²) >= 11 is 11.6. The molecule has 0 saturated heterocycles. The highest BCUT2D eigenvalue weighted by molar-refractivity contribution is 7.89. The molecule has 0 unspecified atom stereocenters. The fraction of sp³-hybridized carbons (Fsp3) is 0.133. The summed E-state index contributed by atoms with van der Waals surface area (Å²) in [4.78, 5) is 11.5. The van der Waals surface area contributed by atoms with Gasteiger partial charge in [0.25, 0.3) is 0 Å². The van der Waals surface area contributed by atoms with E-state index in [1.165, 1.54) is 18.2 Å². The van der Waals surface area contributed by atoms with Crippen molar-refractivity contribution in [3.63, 3.8) is 0 Å². The highest BCUT2D eigenvalue weighted by atomic mass is 35.5. The first kappa shape index (κ1) is 17.7. The molecule has 0 aliphatic rings. The normalized spacial score (nSPS) is 11.2. The molecule has 0 atom stereocenters. The summed E-state index contributed by atoms with van der Waals surface area (Å²) in [5.74, 6) is -0.692. The lowest BCUT2D eigenvalue weighted by Crippen LogP contribution is -2.30. The molecule has 0 fully saturated rings. The first-order chi connectivity index (χ1) is 10.9. The van der Waals surface area contributed by atoms with Crippen LogP contribution in [0.15, 0.2) is 53.4 Å². The average molecular weight is 374 g/mol. The van der Waals surface area contributed by atoms with Crippen LogP contribution in [0.4, 0.5) is 0 Å². The summed E-state index contributed by atoms with van der Waals surface area (Å²) in [5.41, 5.74) is 0.810. The van der Waals surface area contributed by atoms with E-state index in [2.05, 4.69) is 4.72 Å². The van der Waals surface area contributed by atoms with Crippen LogP contribution in [0.25, 0.3) is 0 Å². The van der Waals surface area contributed by atoms with Crippen molar-refractivity contribution >= 4 is 39.2 Å². The van der Waals surface area contributed by atoms with Gasteiger partial charge in [0, 0.05) is 5.02 Å². The molecule has 2 aromatic rings. The van der Waals surface area contributed by atoms with E-state index in [0.717, 1.165) is 5.56 Å². The first-order valence-electron chi connectivity index (χ1n) is 6.53. The maximum Gasteiger partial charge on any atom is 0.321 e. The van der Waals surface area contributed by atoms with Gasteiger partial charge in [0.2, 0.25) is 10.0 Å². The predicted octanol–water partition coefficient (Wildman–Crippen LogP) is 3.02. The van der Waals surface area contributed by atoms with E-state index in [-0.39, 0.29) is 16.5 Å². The van der Waals surface area contributed by atoms with Gasteiger partial charge in [-0.05, 0) is 23.8 Å². The molecule has 0 radical (unpaired) electrons. The molecule has 2 aromatic carbocycles. The second kappa shape index (κ2) is 7.79. The molecule has 122 valence electrons. The second-order valence-electron chi connectivity index (χ2n) is 4.55. The lowest BCUT2D eigenvalue weighted by Gasteiger charge is -2.09. The molecule has 0 aliphatic heterocycles. The van der Waals surface area contributed by atoms with Gasteiger partial charge in [-0.1, -0.05) is 53.5 Å². The quantitative estimate of drug-likeness (QED) is 0.789. The Labute approximate surface area is 144 Å². The minimum absolute atomic E-state index is 0.0253. The summed E-state index contributed by atoms with van der Waals surface area (Å²) in [6.07, 6.45) is 0. The highest BCUT2D eigenvalue weighted by Crippen LogP contribution is 2.24. The van der Waals surface area contributed by atoms with Crippen molar-refractivity contribution in [1.29, 1.82) is 0 Å². The molecule has 1 N–H and O–H groups in total. The number of hydrogen-bond donors (Lipinski definition) is 1. The number of halogens is 2. The van der Waals surface area contributed by atoms with Crippen molar-refractivity contribution in [3.8, 4) is 0 Å². The van der Waals surface area contributed by atoms with Gasteiger partial charge < -0.3 is 4.74 Å². The molecule has 0 aromatic heterocycles. The molecule has 23 heavy (non-hydrogen) atoms. The average Bonchev–Trinajstić information content (AvgIpc) is 2.51. The summed E-state index contributed by atoms with van der Waals surface area (Å²) in [6.45, 7) is -0.419. The lowest BCUT2D eigenvalue weighted by molar-refractivity contribution is -0.143. The number of benzene rings is 2. The summed E-state index contributed by atoms with van der Waals surface area (Å²) < 4.78 is 31.3. The Balaban J connectivity index is 1.92. The Morgan fingerprint density at radius 2 is 1.78 bits per heavy atom. The van der Waals surface area contributed by atoms with Gasteiger partial charge in [-0.15, -0.1) is 0 Å². The zero-order valence-corrected chi connectivity index (χ0v) is 14.2. The van der Waals surface area contributed by atoms with Crippen LogP contribution in [-0.4, -0.2) is 20.9 Å². The first-order valence-corrected chi connectivity index (χ1v) is 8.76. The van der Waals surface area contributed by atoms with Crippen molar-refractivity contribution in [2.75, 3.05) is 6.54 Å². The van der Waals surface area contributed by atoms with Gasteiger partial charge in [0.15, 0.2) is 0 Å². The van der Waals surface area contributed by atoms with Crippen LogP contribution >= 0.6 is 23.2 Å². The summed E-state index contributed by atoms with van der Waals surface area (Å²) in [7, 11) is -3.93. The van der Waals surface area contributed by atoms with Crippen LogP contribution in [0.1, 0.15) is 5.56 Å². The number of hydrogen-bond acceptors (Lipinski definition) is 4. The number of ether oxygens (including phenoxy) is 1. The van der Waals surface area contributed by atoms with Gasteiger partial charge in [-0.25, -0.2) is 8.42 Å². The van der Waals surface area contributed by atoms with Crippen LogP contribution < -0.4 is 4.72 Å². The summed E-state index contributed by atoms with van der Waals surface area (Å²) in [6, 6.07) is 13.0. The number of carbonyl (C=O) groups is 1. The largest absolute Gasteiger partial charge is 0.460 e. The van der Waals surface area contributed by atoms with Gasteiger partial charge in [-0.2, -0.15) is 4.72 Å². The molecule has 0 aliphatic carbocycles. The fourth-order valence-corrected chi connectivity index (χ4v) is 3.45. The topological polar surface area (TPSA) is 72.5 Å². The molecule has 0 heterocycles. The Morgan fingerprint density at radius 1 is 1.09 bits per heavy atom. The van der Waals surface area contributed by atoms with Crippen LogP contribution in [0.2, 0.25) is 10.0 Å². The zero-order valence-electron chi connectivity index (χ0n) is 11.8. The number of nitrogens with one attached hydrogen (secondary N) is 1. The molecule has 0 amide bonds. The van der Waals surface area contributed by atoms with Crippen molar-refractivity contribution in [2.45, 2.75) is 11.5 Å². The Bertz CT molecular complexity index is 794. The SMILES string of the molecule is O=C(CNS(=O)(=O)c1ccc(Cl)cc1Cl)OCc1ccccc1. The van der Waals surface area contributed by atoms with Crippen molar-refractivity contribution in [1.82, 2.24) is 4.72 Å². The van der Waals surface area contributed by atoms with E-state index in [0.29, 0.717) is 5.02 Å². The molecule has 2 rings (SSSR count). The Kier molecular flexibility index (Phi) is 6.01. The molecule has 0 saturated carbocycles. The molecule has 8 heteroatoms. The Morgan fingerprint density at radius 3 is 2.43 bits per heavy atom. The predicted molar refractivity (Wildman–Crippen MR) is 87.9 cm³/mol. The van der Waals surface area contributed by atoms with E-state index in [1.807, 2.05) is 18.2 Å². The third-order valence-corrected chi connectivity index (χ3v) is 4.95. The van der Waals surface area contributed by atoms with Gasteiger partial charge >= 0.3 is 5.97 Å². The van der Waals surface area contributed by atoms with E-state index in [4.69, 9.17) is 27.9 Å². The van der Waals surface area contributed by atoms with Crippen LogP contribution in [0, 0.1) is 0 Å². The fourth-order valence-electron chi connectivity index (χ4n) is 1.71. The van der Waals surface area contributed by atoms with Gasteiger partial charge in [0.1, 0.15) is 18.0 Å². The number of sulfonamides is 1. The Hall–Kier alpha value is -1.60. The van der Waals surface area contributed by atoms with Crippen LogP contribution in [0.5, 0.6) is 0 Å². The molecule has 0 bridgehead atoms. The standard InChI is InChI=1S/C15H13Cl2NO4S/c16-12-6-7-14(13(17)8-12)23(20,21)18-9-15(19)22-10-11-4-2-1-3-5-11/h1-8,18H,9-10H2. The third-order valence-electron chi connectivity index (χ3n) is 2.83. The van der Waals surface area contributed by atoms with Crippen molar-refractivity contribution in [2.24, 2.45) is 0 Å². The molecule has 0 spiro atoms. The van der Waals surface area contributed by atoms with E-state index >= 15 is 0 Å². The smallest absolute Gasteiger partial charge is 0.321 e. The molecular weight excluding hydrogens is 361 g/mol. The monoisotopic (exact) mass is 373 g/mol. The zero-order chi connectivity index (χ0) is 16.9. The number of rotatable bonds is 6. The number of carbonyl (C=O) groups excluding carboxylic acids is 1. The van der Waals surface area contributed by atoms with Crippen molar-refractivity contribution in [3.05, 3.63) is 64.1 Å². The van der Waals surface area contributed by atoms with E-state index in [1.54, 1.807) is 12.1 Å². The minimum atomic E-state index is -3.93. The maximum absolute atomic E-state index is 12.1. The third kappa shape index (κ3) is 5.21. The maximum atomic E-state index is 12.1. The summed E-state index contributed by atoms with van der Waals surface area (Å²) in [5, 5.41) is 0.291.